The molecule has 23 heavy (non-hydrogen) atoms. The van der Waals surface area contributed by atoms with Gasteiger partial charge >= 0.3 is 0 Å². The average molecular weight is 312 g/mol. The van der Waals surface area contributed by atoms with Gasteiger partial charge in [-0.1, -0.05) is 26.0 Å². The fraction of sp³-hybridized carbons (Fsp3) is 0.375. The fourth-order valence-electron chi connectivity index (χ4n) is 2.48. The van der Waals surface area contributed by atoms with Crippen molar-refractivity contribution in [3.8, 4) is 0 Å². The van der Waals surface area contributed by atoms with E-state index in [1.54, 1.807) is 11.0 Å². The van der Waals surface area contributed by atoms with Gasteiger partial charge in [0.1, 0.15) is 18.5 Å². The van der Waals surface area contributed by atoms with Crippen LogP contribution in [0.1, 0.15) is 32.1 Å². The SMILES string of the molecule is CC(C)C(NC(=O)CCn1cncn1)c1nc2ccccc2[nH]1. The highest BCUT2D eigenvalue weighted by atomic mass is 16.1. The quantitative estimate of drug-likeness (QED) is 0.729. The van der Waals surface area contributed by atoms with Gasteiger partial charge in [0.05, 0.1) is 23.6 Å². The Bertz CT molecular complexity index is 744. The smallest absolute Gasteiger partial charge is 0.222 e. The van der Waals surface area contributed by atoms with Crippen molar-refractivity contribution in [2.24, 2.45) is 5.92 Å². The Kier molecular flexibility index (Phi) is 4.36. The van der Waals surface area contributed by atoms with E-state index in [-0.39, 0.29) is 17.9 Å². The van der Waals surface area contributed by atoms with Crippen LogP contribution >= 0.6 is 0 Å². The highest BCUT2D eigenvalue weighted by Gasteiger charge is 2.21. The molecule has 0 bridgehead atoms. The number of hydrogen-bond donors (Lipinski definition) is 2. The second-order valence-corrected chi connectivity index (χ2v) is 5.84. The summed E-state index contributed by atoms with van der Waals surface area (Å²) in [6, 6.07) is 7.71. The molecule has 7 heteroatoms. The van der Waals surface area contributed by atoms with E-state index >= 15 is 0 Å². The molecule has 0 saturated carbocycles. The third-order valence-corrected chi connectivity index (χ3v) is 3.72. The summed E-state index contributed by atoms with van der Waals surface area (Å²) in [5.74, 6) is 0.987. The van der Waals surface area contributed by atoms with Crippen LogP contribution in [0.2, 0.25) is 0 Å². The molecule has 0 aliphatic rings. The molecule has 1 aromatic carbocycles. The Balaban J connectivity index is 1.69. The van der Waals surface area contributed by atoms with Crippen molar-refractivity contribution in [1.29, 1.82) is 0 Å². The first-order chi connectivity index (χ1) is 11.1. The van der Waals surface area contributed by atoms with Gasteiger partial charge in [-0.3, -0.25) is 9.48 Å². The zero-order chi connectivity index (χ0) is 16.2. The van der Waals surface area contributed by atoms with Gasteiger partial charge in [-0.15, -0.1) is 0 Å². The molecule has 0 fully saturated rings. The van der Waals surface area contributed by atoms with Crippen molar-refractivity contribution < 1.29 is 4.79 Å². The van der Waals surface area contributed by atoms with Crippen molar-refractivity contribution in [3.05, 3.63) is 42.7 Å². The molecule has 0 aliphatic heterocycles. The molecular formula is C16H20N6O. The van der Waals surface area contributed by atoms with Crippen LogP contribution in [0.3, 0.4) is 0 Å². The summed E-state index contributed by atoms with van der Waals surface area (Å²) in [4.78, 5) is 24.0. The number of nitrogens with one attached hydrogen (secondary N) is 2. The Morgan fingerprint density at radius 3 is 2.87 bits per heavy atom. The van der Waals surface area contributed by atoms with Crippen LogP contribution < -0.4 is 5.32 Å². The minimum absolute atomic E-state index is 0.0281. The van der Waals surface area contributed by atoms with Gasteiger partial charge in [0, 0.05) is 6.42 Å². The van der Waals surface area contributed by atoms with Crippen LogP contribution in [0, 0.1) is 5.92 Å². The monoisotopic (exact) mass is 312 g/mol. The Morgan fingerprint density at radius 1 is 1.35 bits per heavy atom. The molecule has 0 radical (unpaired) electrons. The van der Waals surface area contributed by atoms with Crippen LogP contribution in [0.15, 0.2) is 36.9 Å². The molecule has 2 heterocycles. The van der Waals surface area contributed by atoms with Gasteiger partial charge in [-0.2, -0.15) is 5.10 Å². The maximum absolute atomic E-state index is 12.2. The van der Waals surface area contributed by atoms with E-state index < -0.39 is 0 Å². The number of imidazole rings is 1. The van der Waals surface area contributed by atoms with Gasteiger partial charge in [0.25, 0.3) is 0 Å². The molecule has 2 N–H and O–H groups in total. The number of hydrogen-bond acceptors (Lipinski definition) is 4. The molecule has 1 atom stereocenters. The number of carbonyl (C=O) groups excluding carboxylic acids is 1. The lowest BCUT2D eigenvalue weighted by Crippen LogP contribution is -2.33. The minimum Gasteiger partial charge on any atom is -0.346 e. The number of nitrogens with zero attached hydrogens (tertiary/aromatic N) is 4. The predicted molar refractivity (Wildman–Crippen MR) is 86.5 cm³/mol. The molecule has 0 saturated heterocycles. The van der Waals surface area contributed by atoms with Gasteiger partial charge in [0.2, 0.25) is 5.91 Å². The van der Waals surface area contributed by atoms with Crippen LogP contribution in [0.25, 0.3) is 11.0 Å². The molecule has 3 aromatic rings. The number of aromatic nitrogens is 5. The average Bonchev–Trinajstić information content (AvgIpc) is 3.19. The first-order valence-electron chi connectivity index (χ1n) is 7.70. The van der Waals surface area contributed by atoms with E-state index in [1.807, 2.05) is 24.3 Å². The van der Waals surface area contributed by atoms with Crippen molar-refractivity contribution in [3.63, 3.8) is 0 Å². The van der Waals surface area contributed by atoms with Crippen molar-refractivity contribution in [1.82, 2.24) is 30.0 Å². The molecule has 0 aliphatic carbocycles. The van der Waals surface area contributed by atoms with E-state index in [0.29, 0.717) is 13.0 Å². The third-order valence-electron chi connectivity index (χ3n) is 3.72. The standard InChI is InChI=1S/C16H20N6O/c1-11(2)15(16-19-12-5-3-4-6-13(12)20-16)21-14(23)7-8-22-10-17-9-18-22/h3-6,9-11,15H,7-8H2,1-2H3,(H,19,20)(H,21,23). The summed E-state index contributed by atoms with van der Waals surface area (Å²) < 4.78 is 1.64. The first-order valence-corrected chi connectivity index (χ1v) is 7.70. The number of aryl methyl sites for hydroxylation is 1. The van der Waals surface area contributed by atoms with E-state index in [2.05, 4.69) is 39.2 Å². The van der Waals surface area contributed by atoms with E-state index in [0.717, 1.165) is 16.9 Å². The topological polar surface area (TPSA) is 88.5 Å². The lowest BCUT2D eigenvalue weighted by Gasteiger charge is -2.20. The Labute approximate surface area is 134 Å². The highest BCUT2D eigenvalue weighted by Crippen LogP contribution is 2.22. The molecular weight excluding hydrogens is 292 g/mol. The number of para-hydroxylation sites is 2. The lowest BCUT2D eigenvalue weighted by atomic mass is 10.0. The predicted octanol–water partition coefficient (Wildman–Crippen LogP) is 2.06. The van der Waals surface area contributed by atoms with Crippen molar-refractivity contribution in [2.75, 3.05) is 0 Å². The number of fused-ring (bicyclic) bond motifs is 1. The largest absolute Gasteiger partial charge is 0.346 e. The zero-order valence-electron chi connectivity index (χ0n) is 13.2. The molecule has 3 rings (SSSR count). The van der Waals surface area contributed by atoms with Gasteiger partial charge in [0.15, 0.2) is 0 Å². The van der Waals surface area contributed by atoms with Crippen LogP contribution in [0.4, 0.5) is 0 Å². The first kappa shape index (κ1) is 15.2. The maximum atomic E-state index is 12.2. The summed E-state index contributed by atoms with van der Waals surface area (Å²) in [5, 5.41) is 7.06. The second-order valence-electron chi connectivity index (χ2n) is 5.84. The van der Waals surface area contributed by atoms with Gasteiger partial charge in [-0.25, -0.2) is 9.97 Å². The fourth-order valence-corrected chi connectivity index (χ4v) is 2.48. The lowest BCUT2D eigenvalue weighted by molar-refractivity contribution is -0.122. The number of aromatic amines is 1. The molecule has 0 spiro atoms. The van der Waals surface area contributed by atoms with Crippen LogP contribution in [-0.4, -0.2) is 30.6 Å². The number of carbonyl (C=O) groups is 1. The van der Waals surface area contributed by atoms with Gasteiger partial charge in [-0.05, 0) is 18.1 Å². The Morgan fingerprint density at radius 2 is 2.17 bits per heavy atom. The van der Waals surface area contributed by atoms with Crippen molar-refractivity contribution >= 4 is 16.9 Å². The highest BCUT2D eigenvalue weighted by molar-refractivity contribution is 5.77. The number of rotatable bonds is 6. The summed E-state index contributed by atoms with van der Waals surface area (Å²) in [6.45, 7) is 4.64. The van der Waals surface area contributed by atoms with Crippen LogP contribution in [-0.2, 0) is 11.3 Å². The maximum Gasteiger partial charge on any atom is 0.222 e. The Hall–Kier alpha value is -2.70. The number of benzene rings is 1. The molecule has 2 aromatic heterocycles. The second kappa shape index (κ2) is 6.60. The summed E-state index contributed by atoms with van der Waals surface area (Å²) in [6.07, 6.45) is 3.42. The summed E-state index contributed by atoms with van der Waals surface area (Å²) >= 11 is 0. The summed E-state index contributed by atoms with van der Waals surface area (Å²) in [5.41, 5.74) is 1.88. The number of amides is 1. The zero-order valence-corrected chi connectivity index (χ0v) is 13.2. The number of H-pyrrole nitrogens is 1. The van der Waals surface area contributed by atoms with Crippen molar-refractivity contribution in [2.45, 2.75) is 32.9 Å². The normalized spacial score (nSPS) is 12.7. The van der Waals surface area contributed by atoms with E-state index in [4.69, 9.17) is 0 Å². The third kappa shape index (κ3) is 3.56. The molecule has 1 unspecified atom stereocenters. The minimum atomic E-state index is -0.148. The molecule has 120 valence electrons. The van der Waals surface area contributed by atoms with E-state index in [1.165, 1.54) is 6.33 Å². The molecule has 1 amide bonds. The van der Waals surface area contributed by atoms with Crippen LogP contribution in [0.5, 0.6) is 0 Å². The van der Waals surface area contributed by atoms with E-state index in [9.17, 15) is 4.79 Å². The van der Waals surface area contributed by atoms with Gasteiger partial charge < -0.3 is 10.3 Å². The summed E-state index contributed by atoms with van der Waals surface area (Å²) in [7, 11) is 0. The molecule has 7 nitrogen and oxygen atoms in total.